The zero-order valence-corrected chi connectivity index (χ0v) is 81.5. The van der Waals surface area contributed by atoms with Crippen LogP contribution >= 0.6 is 0 Å². The molecule has 0 saturated heterocycles. The van der Waals surface area contributed by atoms with Gasteiger partial charge in [0.15, 0.2) is 39.6 Å². The normalized spacial score (nSPS) is 14.4. The van der Waals surface area contributed by atoms with Gasteiger partial charge in [-0.05, 0) is 217 Å². The van der Waals surface area contributed by atoms with Gasteiger partial charge in [-0.25, -0.2) is 34.9 Å². The maximum absolute atomic E-state index is 8.60. The molecule has 0 bridgehead atoms. The Morgan fingerprint density at radius 2 is 0.652 bits per heavy atom. The van der Waals surface area contributed by atoms with E-state index < -0.39 is 12.9 Å². The molecular weight excluding hydrogens is 1640 g/mol. The zero-order valence-electron chi connectivity index (χ0n) is 85.5. The van der Waals surface area contributed by atoms with Crippen LogP contribution in [-0.4, -0.2) is 110 Å². The molecule has 1 unspecified atom stereocenters. The van der Waals surface area contributed by atoms with Crippen LogP contribution in [0, 0.1) is 62.3 Å². The lowest BCUT2D eigenvalue weighted by Crippen LogP contribution is -2.34. The van der Waals surface area contributed by atoms with E-state index in [0.29, 0.717) is 52.2 Å². The van der Waals surface area contributed by atoms with Crippen molar-refractivity contribution in [1.82, 2.24) is 44.7 Å². The van der Waals surface area contributed by atoms with Crippen LogP contribution in [0.25, 0.3) is 110 Å². The van der Waals surface area contributed by atoms with E-state index in [4.69, 9.17) is 27.6 Å². The highest BCUT2D eigenvalue weighted by Gasteiger charge is 2.36. The predicted molar refractivity (Wildman–Crippen MR) is 554 cm³/mol. The standard InChI is InChI=1S/C23H23N3O.C21H19N3O.C20H19N5O.C19H21N3O.C17H17N3O.5C2H6/c1-14(2)25-13-26(20-8-6-5-7-19(20)25)21-15(3)9-11-17-18-12-10-16(4)24-23(18)27-22(17)21;1-13-8-10-15-16-11-9-14(2)22-21(16)25-20(15)19(13)24-12-23(3)17-6-4-5-7-18(17)24;1-12(2)24-11-25(19-18(24)21-9-10-22-19)16-13(3)6-7-14-15-5-4-8-23-20(15)26-17(14)16;1-12(2)21-9-10-22(11-21)17-13(3)5-7-15-16-8-6-14(4)20-19(16)23-18(15)17;1-11-4-6-13-14-7-5-12(2)18-17(14)21-16(13)15(11)20-9-8-19(3)10-20;5*1-2/h5-12,14H,13H2,1-4H3;4-11H,12H2,1-3H3;4-10,12H,11H2,1-3H3;5-10,12H,11H2,1-4H3;4-9H,10H2,1-3H3;5*1-2H3/i;;1D3,12D;;;;;;;. The molecule has 11 aromatic heterocycles. The lowest BCUT2D eigenvalue weighted by molar-refractivity contribution is 0.336. The van der Waals surface area contributed by atoms with Crippen LogP contribution in [0.3, 0.4) is 0 Å². The Morgan fingerprint density at radius 3 is 1.06 bits per heavy atom. The number of hydrogen-bond acceptors (Lipinski definition) is 22. The molecule has 0 radical (unpaired) electrons. The van der Waals surface area contributed by atoms with Crippen LogP contribution in [0.4, 0.5) is 62.8 Å². The Kier molecular flexibility index (Phi) is 27.1. The highest BCUT2D eigenvalue weighted by atomic mass is 16.4. The molecule has 1 atom stereocenters. The van der Waals surface area contributed by atoms with E-state index >= 15 is 0 Å². The third-order valence-corrected chi connectivity index (χ3v) is 23.8. The SMILES string of the molecule is CC.CC.CC.CC.CC.Cc1ccc2c(n1)oc1c(N3C=CN(C(C)C)C3)c(C)ccc12.Cc1ccc2c(n1)oc1c(N3C=CN(C)C3)c(C)ccc12.Cc1ccc2c(n1)oc1c(N3CN(C(C)C)c4ccccc43)c(C)ccc12.Cc1ccc2c(n1)oc1c(N3CN(C)c4ccccc43)c(C)ccc12.[2H]C([2H])([2H])C([2H])(C)N1CN(c2c(C)ccc3c2oc2ncccc23)c2nccnc21. The Labute approximate surface area is 782 Å². The monoisotopic (exact) mass is 1770 g/mol. The van der Waals surface area contributed by atoms with Crippen LogP contribution in [0.15, 0.2) is 235 Å². The fraction of sp³-hybridized carbons (Fsp3) is 0.318. The number of furan rings is 5. The van der Waals surface area contributed by atoms with Crippen molar-refractivity contribution in [3.05, 3.63) is 264 Å². The summed E-state index contributed by atoms with van der Waals surface area (Å²) in [7, 11) is 4.19. The molecule has 0 spiro atoms. The first-order valence-corrected chi connectivity index (χ1v) is 46.4. The number of para-hydroxylation sites is 4. The van der Waals surface area contributed by atoms with Crippen LogP contribution in [0.5, 0.6) is 0 Å². The van der Waals surface area contributed by atoms with Gasteiger partial charge in [0.25, 0.3) is 0 Å². The lowest BCUT2D eigenvalue weighted by Gasteiger charge is -2.26. The second kappa shape index (κ2) is 40.5. The van der Waals surface area contributed by atoms with Gasteiger partial charge in [-0.2, -0.15) is 0 Å². The molecular formula is C110H129N17O5. The third-order valence-electron chi connectivity index (χ3n) is 23.8. The summed E-state index contributed by atoms with van der Waals surface area (Å²) in [6.45, 7) is 49.6. The zero-order chi connectivity index (χ0) is 97.8. The van der Waals surface area contributed by atoms with E-state index in [1.54, 1.807) is 12.4 Å². The van der Waals surface area contributed by atoms with Crippen molar-refractivity contribution in [2.24, 2.45) is 0 Å². The number of rotatable bonds is 8. The molecule has 0 saturated carbocycles. The van der Waals surface area contributed by atoms with Gasteiger partial charge in [-0.1, -0.05) is 154 Å². The van der Waals surface area contributed by atoms with Crippen LogP contribution in [0.2, 0.25) is 0 Å². The van der Waals surface area contributed by atoms with Crippen molar-refractivity contribution in [3.63, 3.8) is 0 Å². The molecule has 22 heteroatoms. The van der Waals surface area contributed by atoms with Gasteiger partial charge in [0.2, 0.25) is 28.6 Å². The maximum Gasteiger partial charge on any atom is 0.227 e. The summed E-state index contributed by atoms with van der Waals surface area (Å²) in [5.41, 5.74) is 27.6. The number of benzene rings is 7. The largest absolute Gasteiger partial charge is 0.435 e. The topological polar surface area (TPSA) is 188 Å². The average molecular weight is 1770 g/mol. The van der Waals surface area contributed by atoms with Crippen molar-refractivity contribution >= 4 is 173 Å². The minimum atomic E-state index is -2.54. The quantitative estimate of drug-likeness (QED) is 0.140. The van der Waals surface area contributed by atoms with E-state index in [-0.39, 0.29) is 6.67 Å². The molecule has 22 nitrogen and oxygen atoms in total. The second-order valence-electron chi connectivity index (χ2n) is 33.0. The number of aromatic nitrogens is 7. The summed E-state index contributed by atoms with van der Waals surface area (Å²) >= 11 is 0. The van der Waals surface area contributed by atoms with Crippen molar-refractivity contribution in [2.45, 2.75) is 191 Å². The number of aryl methyl sites for hydroxylation is 9. The number of hydrogen-bond donors (Lipinski definition) is 0. The van der Waals surface area contributed by atoms with E-state index in [0.717, 1.165) is 165 Å². The van der Waals surface area contributed by atoms with Crippen LogP contribution in [0.1, 0.15) is 167 Å². The smallest absolute Gasteiger partial charge is 0.227 e. The summed E-state index contributed by atoms with van der Waals surface area (Å²) in [4.78, 5) is 53.0. The Morgan fingerprint density at radius 1 is 0.303 bits per heavy atom. The highest BCUT2D eigenvalue weighted by Crippen LogP contribution is 2.51. The summed E-state index contributed by atoms with van der Waals surface area (Å²) < 4.78 is 63.1. The molecule has 684 valence electrons. The minimum absolute atomic E-state index is 0.113. The lowest BCUT2D eigenvalue weighted by atomic mass is 10.1. The summed E-state index contributed by atoms with van der Waals surface area (Å²) in [5, 5.41) is 10.6. The second-order valence-corrected chi connectivity index (χ2v) is 33.0. The first-order valence-electron chi connectivity index (χ1n) is 48.4. The van der Waals surface area contributed by atoms with E-state index in [1.807, 2.05) is 157 Å². The first-order chi connectivity index (χ1) is 65.5. The van der Waals surface area contributed by atoms with Crippen molar-refractivity contribution < 1.29 is 27.6 Å². The van der Waals surface area contributed by atoms with Gasteiger partial charge in [-0.3, -0.25) is 0 Å². The van der Waals surface area contributed by atoms with Crippen molar-refractivity contribution in [1.29, 1.82) is 0 Å². The van der Waals surface area contributed by atoms with Crippen LogP contribution < -0.4 is 39.2 Å². The first kappa shape index (κ1) is 88.5. The number of pyridine rings is 5. The Bertz CT molecular complexity index is 7410. The van der Waals surface area contributed by atoms with Gasteiger partial charge in [0.1, 0.15) is 0 Å². The molecule has 5 aliphatic heterocycles. The van der Waals surface area contributed by atoms with Gasteiger partial charge >= 0.3 is 0 Å². The van der Waals surface area contributed by atoms with Gasteiger partial charge in [-0.15, -0.1) is 0 Å². The minimum Gasteiger partial charge on any atom is -0.435 e. The van der Waals surface area contributed by atoms with E-state index in [9.17, 15) is 0 Å². The van der Waals surface area contributed by atoms with Crippen molar-refractivity contribution in [3.8, 4) is 0 Å². The molecule has 0 N–H and O–H groups in total. The maximum atomic E-state index is 8.60. The molecule has 0 amide bonds. The molecule has 18 aromatic rings. The van der Waals surface area contributed by atoms with Gasteiger partial charge in [0, 0.05) is 156 Å². The van der Waals surface area contributed by atoms with Gasteiger partial charge < -0.3 is 71.1 Å². The highest BCUT2D eigenvalue weighted by molar-refractivity contribution is 6.14. The van der Waals surface area contributed by atoms with E-state index in [1.165, 1.54) is 63.0 Å². The molecule has 7 aromatic carbocycles. The Balaban J connectivity index is 0.000000133. The number of nitrogens with zero attached hydrogens (tertiary/aromatic N) is 17. The fourth-order valence-corrected chi connectivity index (χ4v) is 17.5. The van der Waals surface area contributed by atoms with E-state index in [2.05, 4.69) is 290 Å². The summed E-state index contributed by atoms with van der Waals surface area (Å²) in [6.07, 6.45) is 13.2. The van der Waals surface area contributed by atoms with Crippen molar-refractivity contribution in [2.75, 3.05) is 86.6 Å². The molecule has 5 aliphatic rings. The van der Waals surface area contributed by atoms with Gasteiger partial charge in [0.05, 0.1) is 85.9 Å². The predicted octanol–water partition coefficient (Wildman–Crippen LogP) is 28.9. The fourth-order valence-electron chi connectivity index (χ4n) is 17.5. The summed E-state index contributed by atoms with van der Waals surface area (Å²) in [6, 6.07) is 57.7. The third kappa shape index (κ3) is 17.8. The number of fused-ring (bicyclic) bond motifs is 18. The molecule has 0 fully saturated rings. The number of anilines is 11. The molecule has 132 heavy (non-hydrogen) atoms. The molecule has 16 heterocycles. The average Bonchev–Trinajstić information content (AvgIpc) is 1.56. The van der Waals surface area contributed by atoms with Crippen LogP contribution in [-0.2, 0) is 0 Å². The Hall–Kier alpha value is -14.2. The summed E-state index contributed by atoms with van der Waals surface area (Å²) in [5.74, 6) is 0.848. The molecule has 0 aliphatic carbocycles. The molecule has 23 rings (SSSR count).